The Balaban J connectivity index is 0.906. The van der Waals surface area contributed by atoms with Gasteiger partial charge < -0.3 is 44.5 Å². The van der Waals surface area contributed by atoms with Gasteiger partial charge in [-0.25, -0.2) is 14.5 Å². The van der Waals surface area contributed by atoms with Crippen LogP contribution in [0.5, 0.6) is 0 Å². The van der Waals surface area contributed by atoms with E-state index in [0.29, 0.717) is 71.1 Å². The molecule has 1 unspecified atom stereocenters. The second-order valence-corrected chi connectivity index (χ2v) is 21.8. The van der Waals surface area contributed by atoms with Gasteiger partial charge in [-0.05, 0) is 106 Å². The number of hydrogen-bond donors (Lipinski definition) is 5. The molecule has 0 bridgehead atoms. The molecule has 4 aliphatic rings. The summed E-state index contributed by atoms with van der Waals surface area (Å²) >= 11 is 0. The lowest BCUT2D eigenvalue weighted by Crippen LogP contribution is -2.58. The van der Waals surface area contributed by atoms with Gasteiger partial charge in [0.1, 0.15) is 28.6 Å². The predicted molar refractivity (Wildman–Crippen MR) is 273 cm³/mol. The molecule has 3 aliphatic heterocycles. The van der Waals surface area contributed by atoms with Crippen molar-refractivity contribution in [1.82, 2.24) is 29.0 Å². The molecule has 5 aromatic heterocycles. The van der Waals surface area contributed by atoms with Gasteiger partial charge >= 0.3 is 7.82 Å². The first-order valence-electron chi connectivity index (χ1n) is 24.2. The summed E-state index contributed by atoms with van der Waals surface area (Å²) in [6.45, 7) is 19.3. The number of anilines is 6. The van der Waals surface area contributed by atoms with Crippen LogP contribution in [-0.4, -0.2) is 107 Å². The van der Waals surface area contributed by atoms with Crippen LogP contribution in [0.2, 0.25) is 0 Å². The number of aromatic nitrogens is 5. The number of nitrogens with one attached hydrogen (secondary N) is 2. The van der Waals surface area contributed by atoms with Crippen molar-refractivity contribution in [3.05, 3.63) is 112 Å². The molecule has 376 valence electrons. The summed E-state index contributed by atoms with van der Waals surface area (Å²) in [5, 5.41) is 17.0. The van der Waals surface area contributed by atoms with Crippen LogP contribution in [0.15, 0.2) is 78.6 Å². The zero-order valence-corrected chi connectivity index (χ0v) is 42.3. The number of pyridine rings is 4. The third-order valence-corrected chi connectivity index (χ3v) is 15.2. The molecule has 71 heavy (non-hydrogen) atoms. The van der Waals surface area contributed by atoms with Gasteiger partial charge in [-0.3, -0.25) is 33.7 Å². The maximum absolute atomic E-state index is 14.1. The topological polar surface area (TPSA) is 224 Å². The van der Waals surface area contributed by atoms with Gasteiger partial charge in [0.05, 0.1) is 29.9 Å². The minimum atomic E-state index is -4.74. The van der Waals surface area contributed by atoms with Gasteiger partial charge in [-0.2, -0.15) is 0 Å². The van der Waals surface area contributed by atoms with E-state index in [-0.39, 0.29) is 34.7 Å². The number of piperazine rings is 1. The highest BCUT2D eigenvalue weighted by molar-refractivity contribution is 7.46. The number of amides is 2. The molecular weight excluding hydrogens is 926 g/mol. The minimum absolute atomic E-state index is 0.0462. The summed E-state index contributed by atoms with van der Waals surface area (Å²) in [5.41, 5.74) is 6.09. The Morgan fingerprint density at radius 3 is 2.46 bits per heavy atom. The number of aliphatic hydroxyl groups excluding tert-OH is 1. The molecule has 2 fully saturated rings. The molecule has 5 N–H and O–H groups in total. The Morgan fingerprint density at radius 2 is 1.75 bits per heavy atom. The minimum Gasteiger partial charge on any atom is -0.392 e. The molecule has 5 aromatic rings. The van der Waals surface area contributed by atoms with Crippen molar-refractivity contribution in [3.63, 3.8) is 0 Å². The average Bonchev–Trinajstić information content (AvgIpc) is 3.81. The molecule has 0 aromatic carbocycles. The van der Waals surface area contributed by atoms with Crippen molar-refractivity contribution in [2.45, 2.75) is 104 Å². The summed E-state index contributed by atoms with van der Waals surface area (Å²) in [4.78, 5) is 82.1. The van der Waals surface area contributed by atoms with Crippen molar-refractivity contribution in [1.29, 1.82) is 0 Å². The monoisotopic (exact) mass is 989 g/mol. The molecule has 0 radical (unpaired) electrons. The maximum Gasteiger partial charge on any atom is 0.470 e. The van der Waals surface area contributed by atoms with Gasteiger partial charge in [-0.15, -0.1) is 0 Å². The molecule has 0 spiro atoms. The molecule has 2 saturated heterocycles. The van der Waals surface area contributed by atoms with Crippen LogP contribution >= 0.6 is 7.82 Å². The largest absolute Gasteiger partial charge is 0.470 e. The molecule has 3 atom stereocenters. The van der Waals surface area contributed by atoms with Crippen LogP contribution in [0, 0.1) is 5.41 Å². The van der Waals surface area contributed by atoms with Crippen molar-refractivity contribution in [3.8, 4) is 11.1 Å². The van der Waals surface area contributed by atoms with Crippen molar-refractivity contribution < 1.29 is 33.6 Å². The SMILES string of the molecule is C=CC(=O)Nc1cc(Nc2cc(-c3ccnc(N4CCn5c(cc6c5CC(C)(C)C6)C4=O)c3CO)cn(C)c2=O)ncc1N1CCN(C2CCN(c3ccnc(C(C)(C)OP(=O)(O)O)c3)[C@@H](C)C2)C[C@@H]1C. The number of nitrogens with zero attached hydrogens (tertiary/aromatic N) is 9. The van der Waals surface area contributed by atoms with Crippen molar-refractivity contribution >= 4 is 54.0 Å². The number of phosphoric ester groups is 1. The molecule has 19 nitrogen and oxygen atoms in total. The number of piperidine rings is 1. The average molecular weight is 990 g/mol. The van der Waals surface area contributed by atoms with Crippen LogP contribution in [-0.2, 0) is 52.5 Å². The van der Waals surface area contributed by atoms with Crippen molar-refractivity contribution in [2.75, 3.05) is 58.1 Å². The number of rotatable bonds is 13. The third-order valence-electron chi connectivity index (χ3n) is 14.5. The van der Waals surface area contributed by atoms with E-state index < -0.39 is 25.9 Å². The number of carbonyl (C=O) groups is 2. The first-order valence-corrected chi connectivity index (χ1v) is 25.7. The van der Waals surface area contributed by atoms with E-state index in [0.717, 1.165) is 56.7 Å². The molecule has 0 saturated carbocycles. The highest BCUT2D eigenvalue weighted by Crippen LogP contribution is 2.46. The summed E-state index contributed by atoms with van der Waals surface area (Å²) < 4.78 is 20.3. The second kappa shape index (κ2) is 19.1. The quantitative estimate of drug-likeness (QED) is 0.0665. The van der Waals surface area contributed by atoms with Gasteiger partial charge in [0.15, 0.2) is 0 Å². The van der Waals surface area contributed by atoms with Gasteiger partial charge in [0.2, 0.25) is 5.91 Å². The lowest BCUT2D eigenvalue weighted by molar-refractivity contribution is -0.111. The normalized spacial score (nSPS) is 20.5. The Hall–Kier alpha value is -6.21. The number of hydrogen-bond acceptors (Lipinski definition) is 13. The van der Waals surface area contributed by atoms with Gasteiger partial charge in [-0.1, -0.05) is 20.4 Å². The lowest BCUT2D eigenvalue weighted by Gasteiger charge is -2.48. The van der Waals surface area contributed by atoms with E-state index in [2.05, 4.69) is 74.1 Å². The third kappa shape index (κ3) is 10.0. The van der Waals surface area contributed by atoms with Crippen LogP contribution < -0.4 is 30.9 Å². The number of fused-ring (bicyclic) bond motifs is 3. The van der Waals surface area contributed by atoms with Crippen LogP contribution in [0.4, 0.5) is 34.4 Å². The number of aryl methyl sites for hydroxylation is 1. The van der Waals surface area contributed by atoms with Crippen LogP contribution in [0.25, 0.3) is 11.1 Å². The summed E-state index contributed by atoms with van der Waals surface area (Å²) in [5.74, 6) is 0.135. The zero-order valence-electron chi connectivity index (χ0n) is 41.4. The Morgan fingerprint density at radius 1 is 0.972 bits per heavy atom. The van der Waals surface area contributed by atoms with E-state index in [1.165, 1.54) is 21.9 Å². The second-order valence-electron chi connectivity index (χ2n) is 20.7. The number of aliphatic hydroxyl groups is 1. The molecule has 8 heterocycles. The van der Waals surface area contributed by atoms with Crippen molar-refractivity contribution in [2.24, 2.45) is 12.5 Å². The first-order chi connectivity index (χ1) is 33.6. The molecular formula is C51H64N11O8P. The van der Waals surface area contributed by atoms with Gasteiger partial charge in [0.25, 0.3) is 11.5 Å². The predicted octanol–water partition coefficient (Wildman–Crippen LogP) is 6.10. The molecule has 1 aliphatic carbocycles. The fourth-order valence-electron chi connectivity index (χ4n) is 11.2. The lowest BCUT2D eigenvalue weighted by atomic mass is 9.90. The Bertz CT molecular complexity index is 3020. The van der Waals surface area contributed by atoms with Gasteiger partial charge in [0, 0.05) is 112 Å². The fourth-order valence-corrected chi connectivity index (χ4v) is 11.9. The standard InChI is InChI=1S/C51H64N11O8P/c1-9-46(64)56-39-24-45(54-27-43(39)60-17-16-58(28-32(60)3)35-12-15-59(31(2)20-35)36-10-13-52-44(23-36)51(6,7)70-71(67,68)69)55-40-21-34(29-57(8)48(40)65)37-11-14-53-47(38(37)30-63)62-19-18-61-41(49(62)66)22-33-25-50(4,5)26-42(33)61/h9-11,13-14,21-24,27,29,31-32,35,63H,1,12,15-20,25-26,28,30H2,2-8H3,(H2,67,68,69)(H2,54,55,56,64)/t31-,32-,35?/m0/s1. The highest BCUT2D eigenvalue weighted by atomic mass is 31.2. The van der Waals surface area contributed by atoms with E-state index in [4.69, 9.17) is 9.51 Å². The first kappa shape index (κ1) is 49.8. The Kier molecular flexibility index (Phi) is 13.4. The fraction of sp³-hybridized carbons (Fsp3) is 0.451. The van der Waals surface area contributed by atoms with E-state index in [1.807, 2.05) is 18.2 Å². The zero-order chi connectivity index (χ0) is 50.7. The van der Waals surface area contributed by atoms with E-state index >= 15 is 0 Å². The van der Waals surface area contributed by atoms with Crippen LogP contribution in [0.1, 0.15) is 87.4 Å². The van der Waals surface area contributed by atoms with E-state index in [9.17, 15) is 33.8 Å². The van der Waals surface area contributed by atoms with E-state index in [1.54, 1.807) is 68.8 Å². The smallest absolute Gasteiger partial charge is 0.392 e. The molecule has 9 rings (SSSR count). The Labute approximate surface area is 413 Å². The highest BCUT2D eigenvalue weighted by Gasteiger charge is 2.39. The number of carbonyl (C=O) groups excluding carboxylic acids is 2. The maximum atomic E-state index is 14.1. The number of phosphoric acid groups is 1. The molecule has 2 amide bonds. The summed E-state index contributed by atoms with van der Waals surface area (Å²) in [6, 6.07) is 11.5. The molecule has 20 heteroatoms. The summed E-state index contributed by atoms with van der Waals surface area (Å²) in [6.07, 6.45) is 11.5. The van der Waals surface area contributed by atoms with Crippen LogP contribution in [0.3, 0.4) is 0 Å². The summed E-state index contributed by atoms with van der Waals surface area (Å²) in [7, 11) is -3.10.